The Balaban J connectivity index is 1.61. The van der Waals surface area contributed by atoms with Crippen molar-refractivity contribution in [1.29, 1.82) is 0 Å². The van der Waals surface area contributed by atoms with E-state index in [9.17, 15) is 18.0 Å². The molecule has 2 aliphatic rings. The molecule has 168 valence electrons. The van der Waals surface area contributed by atoms with E-state index >= 15 is 0 Å². The van der Waals surface area contributed by atoms with Gasteiger partial charge in [-0.2, -0.15) is 4.31 Å². The maximum absolute atomic E-state index is 13.5. The van der Waals surface area contributed by atoms with Crippen LogP contribution in [-0.4, -0.2) is 48.2 Å². The van der Waals surface area contributed by atoms with Gasteiger partial charge in [-0.25, -0.2) is 13.2 Å². The van der Waals surface area contributed by atoms with Crippen molar-refractivity contribution in [3.63, 3.8) is 0 Å². The maximum Gasteiger partial charge on any atom is 0.510 e. The Bertz CT molecular complexity index is 1160. The maximum atomic E-state index is 13.5. The molecule has 1 aromatic carbocycles. The van der Waals surface area contributed by atoms with Gasteiger partial charge in [-0.05, 0) is 43.9 Å². The molecule has 2 heterocycles. The van der Waals surface area contributed by atoms with Gasteiger partial charge in [0.2, 0.25) is 10.0 Å². The smallest absolute Gasteiger partial charge is 0.434 e. The zero-order chi connectivity index (χ0) is 22.2. The lowest BCUT2D eigenvalue weighted by molar-refractivity contribution is 0.0323. The summed E-state index contributed by atoms with van der Waals surface area (Å²) in [6, 6.07) is 6.03. The van der Waals surface area contributed by atoms with E-state index in [0.717, 1.165) is 25.7 Å². The second kappa shape index (κ2) is 8.25. The Labute approximate surface area is 180 Å². The molecule has 4 rings (SSSR count). The molecule has 31 heavy (non-hydrogen) atoms. The zero-order valence-electron chi connectivity index (χ0n) is 17.5. The van der Waals surface area contributed by atoms with E-state index in [2.05, 4.69) is 0 Å². The zero-order valence-corrected chi connectivity index (χ0v) is 18.3. The summed E-state index contributed by atoms with van der Waals surface area (Å²) >= 11 is 0. The highest BCUT2D eigenvalue weighted by Crippen LogP contribution is 2.51. The van der Waals surface area contributed by atoms with Crippen molar-refractivity contribution >= 4 is 27.0 Å². The topological polar surface area (TPSA) is 121 Å². The van der Waals surface area contributed by atoms with E-state index < -0.39 is 27.3 Å². The van der Waals surface area contributed by atoms with E-state index in [0.29, 0.717) is 18.4 Å². The Hall–Kier alpha value is -2.43. The Morgan fingerprint density at radius 3 is 2.71 bits per heavy atom. The lowest BCUT2D eigenvalue weighted by atomic mass is 10.1. The van der Waals surface area contributed by atoms with Crippen molar-refractivity contribution in [2.75, 3.05) is 13.2 Å². The molecule has 0 bridgehead atoms. The van der Waals surface area contributed by atoms with Crippen molar-refractivity contribution < 1.29 is 22.7 Å². The molecule has 0 radical (unpaired) electrons. The molecule has 1 atom stereocenters. The van der Waals surface area contributed by atoms with Gasteiger partial charge in [-0.3, -0.25) is 9.36 Å². The summed E-state index contributed by atoms with van der Waals surface area (Å²) in [5.74, 6) is 0. The molecule has 10 heteroatoms. The third kappa shape index (κ3) is 3.83. The van der Waals surface area contributed by atoms with Crippen molar-refractivity contribution in [1.82, 2.24) is 8.87 Å². The molecule has 2 fully saturated rings. The lowest BCUT2D eigenvalue weighted by Gasteiger charge is -2.26. The van der Waals surface area contributed by atoms with Crippen molar-refractivity contribution in [3.8, 4) is 0 Å². The minimum Gasteiger partial charge on any atom is -0.434 e. The van der Waals surface area contributed by atoms with E-state index in [1.165, 1.54) is 21.1 Å². The fourth-order valence-electron chi connectivity index (χ4n) is 4.24. The number of benzene rings is 1. The number of carbonyl (C=O) groups is 1. The van der Waals surface area contributed by atoms with Crippen LogP contribution in [0.3, 0.4) is 0 Å². The minimum atomic E-state index is -3.81. The summed E-state index contributed by atoms with van der Waals surface area (Å²) in [5, 5.41) is 0.574. The molecule has 1 saturated heterocycles. The normalized spacial score (nSPS) is 20.3. The first-order valence-corrected chi connectivity index (χ1v) is 12.0. The van der Waals surface area contributed by atoms with E-state index in [1.807, 2.05) is 6.92 Å². The van der Waals surface area contributed by atoms with Gasteiger partial charge in [-0.15, -0.1) is 0 Å². The molecule has 0 unspecified atom stereocenters. The number of carbonyl (C=O) groups excluding carboxylic acids is 1. The van der Waals surface area contributed by atoms with Crippen LogP contribution in [-0.2, 0) is 26.2 Å². The van der Waals surface area contributed by atoms with Gasteiger partial charge in [0.1, 0.15) is 0 Å². The first-order chi connectivity index (χ1) is 14.8. The number of sulfonamides is 1. The predicted octanol–water partition coefficient (Wildman–Crippen LogP) is 2.17. The summed E-state index contributed by atoms with van der Waals surface area (Å²) in [7, 11) is -3.81. The number of nitrogens with two attached hydrogens (primary N) is 1. The van der Waals surface area contributed by atoms with Crippen LogP contribution in [0.5, 0.6) is 0 Å². The number of hydrogen-bond donors (Lipinski definition) is 1. The molecular weight excluding hydrogens is 422 g/mol. The Morgan fingerprint density at radius 2 is 2.00 bits per heavy atom. The number of pyridine rings is 1. The summed E-state index contributed by atoms with van der Waals surface area (Å²) in [6.45, 7) is 2.29. The average molecular weight is 450 g/mol. The fraction of sp³-hybridized carbons (Fsp3) is 0.524. The van der Waals surface area contributed by atoms with E-state index in [4.69, 9.17) is 15.2 Å². The predicted molar refractivity (Wildman–Crippen MR) is 114 cm³/mol. The number of fused-ring (bicyclic) bond motifs is 1. The van der Waals surface area contributed by atoms with Crippen LogP contribution in [0.1, 0.15) is 39.0 Å². The largest absolute Gasteiger partial charge is 0.510 e. The van der Waals surface area contributed by atoms with Crippen LogP contribution in [0.25, 0.3) is 10.8 Å². The van der Waals surface area contributed by atoms with Crippen LogP contribution in [0, 0.1) is 0 Å². The number of hydrogen-bond acceptors (Lipinski definition) is 7. The highest BCUT2D eigenvalue weighted by molar-refractivity contribution is 7.89. The Morgan fingerprint density at radius 1 is 1.23 bits per heavy atom. The van der Waals surface area contributed by atoms with Gasteiger partial charge >= 0.3 is 6.16 Å². The SMILES string of the molecule is CCCCOC(=O)OCn1ccc2c(S(=O)(=O)N3CC[C@H](N)C34CC4)cccc2c1=O. The fourth-order valence-corrected chi connectivity index (χ4v) is 6.33. The first kappa shape index (κ1) is 21.8. The standard InChI is InChI=1S/C21H27N3O6S/c1-2-3-13-29-20(26)30-14-23-11-7-15-16(19(23)25)5-4-6-17(15)31(27,28)24-12-8-18(22)21(24)9-10-21/h4-7,11,18H,2-3,8-10,12-14,22H2,1H3/t18-/m0/s1. The molecule has 0 amide bonds. The first-order valence-electron chi connectivity index (χ1n) is 10.5. The van der Waals surface area contributed by atoms with Gasteiger partial charge in [0, 0.05) is 29.6 Å². The molecule has 2 aromatic rings. The minimum absolute atomic E-state index is 0.0921. The highest BCUT2D eigenvalue weighted by Gasteiger charge is 2.60. The van der Waals surface area contributed by atoms with E-state index in [1.54, 1.807) is 18.2 Å². The number of ether oxygens (including phenoxy) is 2. The summed E-state index contributed by atoms with van der Waals surface area (Å²) in [5.41, 5.74) is 5.25. The summed E-state index contributed by atoms with van der Waals surface area (Å²) in [6.07, 6.45) is 4.33. The Kier molecular flexibility index (Phi) is 5.80. The van der Waals surface area contributed by atoms with Gasteiger partial charge < -0.3 is 15.2 Å². The second-order valence-corrected chi connectivity index (χ2v) is 9.94. The number of aromatic nitrogens is 1. The van der Waals surface area contributed by atoms with Gasteiger partial charge in [0.25, 0.3) is 5.56 Å². The number of rotatable bonds is 7. The van der Waals surface area contributed by atoms with Crippen LogP contribution >= 0.6 is 0 Å². The molecule has 1 saturated carbocycles. The quantitative estimate of drug-likeness (QED) is 0.508. The molecule has 1 aliphatic heterocycles. The summed E-state index contributed by atoms with van der Waals surface area (Å²) in [4.78, 5) is 24.6. The van der Waals surface area contributed by atoms with Gasteiger partial charge in [0.15, 0.2) is 6.73 Å². The molecule has 1 spiro atoms. The van der Waals surface area contributed by atoms with Crippen LogP contribution < -0.4 is 11.3 Å². The van der Waals surface area contributed by atoms with Crippen LogP contribution in [0.4, 0.5) is 4.79 Å². The monoisotopic (exact) mass is 449 g/mol. The molecular formula is C21H27N3O6S. The molecule has 1 aliphatic carbocycles. The van der Waals surface area contributed by atoms with Crippen LogP contribution in [0.2, 0.25) is 0 Å². The third-order valence-electron chi connectivity index (χ3n) is 6.18. The van der Waals surface area contributed by atoms with Gasteiger partial charge in [-0.1, -0.05) is 19.4 Å². The number of unbranched alkanes of at least 4 members (excludes halogenated alkanes) is 1. The third-order valence-corrected chi connectivity index (χ3v) is 8.22. The van der Waals surface area contributed by atoms with Crippen molar-refractivity contribution in [3.05, 3.63) is 40.8 Å². The molecule has 1 aromatic heterocycles. The molecule has 9 nitrogen and oxygen atoms in total. The molecule has 2 N–H and O–H groups in total. The highest BCUT2D eigenvalue weighted by atomic mass is 32.2. The lowest BCUT2D eigenvalue weighted by Crippen LogP contribution is -2.44. The van der Waals surface area contributed by atoms with Crippen LogP contribution in [0.15, 0.2) is 40.2 Å². The van der Waals surface area contributed by atoms with Gasteiger partial charge in [0.05, 0.1) is 17.0 Å². The second-order valence-electron chi connectivity index (χ2n) is 8.11. The van der Waals surface area contributed by atoms with Crippen molar-refractivity contribution in [2.24, 2.45) is 5.73 Å². The summed E-state index contributed by atoms with van der Waals surface area (Å²) < 4.78 is 39.5. The van der Waals surface area contributed by atoms with E-state index in [-0.39, 0.29) is 29.7 Å². The van der Waals surface area contributed by atoms with Crippen molar-refractivity contribution in [2.45, 2.75) is 62.2 Å². The number of nitrogens with zero attached hydrogens (tertiary/aromatic N) is 2. The average Bonchev–Trinajstić information content (AvgIpc) is 3.47.